The SMILES string of the molecule is CC(C)Cc1noc(CN(C)C[C@H]2CCOC2)n1. The minimum absolute atomic E-state index is 0.559. The lowest BCUT2D eigenvalue weighted by molar-refractivity contribution is 0.169. The van der Waals surface area contributed by atoms with Crippen molar-refractivity contribution in [2.75, 3.05) is 26.8 Å². The van der Waals surface area contributed by atoms with Crippen LogP contribution in [-0.2, 0) is 17.7 Å². The fraction of sp³-hybridized carbons (Fsp3) is 0.846. The normalized spacial score (nSPS) is 20.2. The predicted molar refractivity (Wildman–Crippen MR) is 68.1 cm³/mol. The molecule has 2 heterocycles. The monoisotopic (exact) mass is 253 g/mol. The summed E-state index contributed by atoms with van der Waals surface area (Å²) >= 11 is 0. The van der Waals surface area contributed by atoms with Crippen LogP contribution >= 0.6 is 0 Å². The van der Waals surface area contributed by atoms with Crippen molar-refractivity contribution >= 4 is 0 Å². The Labute approximate surface area is 108 Å². The summed E-state index contributed by atoms with van der Waals surface area (Å²) in [5.41, 5.74) is 0. The highest BCUT2D eigenvalue weighted by Gasteiger charge is 2.18. The summed E-state index contributed by atoms with van der Waals surface area (Å²) in [6.07, 6.45) is 2.04. The Kier molecular flexibility index (Phi) is 4.72. The lowest BCUT2D eigenvalue weighted by Crippen LogP contribution is -2.25. The van der Waals surface area contributed by atoms with Gasteiger partial charge in [-0.3, -0.25) is 4.90 Å². The van der Waals surface area contributed by atoms with Gasteiger partial charge in [0, 0.05) is 19.6 Å². The number of rotatable bonds is 6. The van der Waals surface area contributed by atoms with E-state index in [1.807, 2.05) is 0 Å². The van der Waals surface area contributed by atoms with Gasteiger partial charge >= 0.3 is 0 Å². The molecule has 1 fully saturated rings. The maximum absolute atomic E-state index is 5.38. The van der Waals surface area contributed by atoms with E-state index in [2.05, 4.69) is 35.9 Å². The van der Waals surface area contributed by atoms with Gasteiger partial charge in [-0.2, -0.15) is 4.98 Å². The van der Waals surface area contributed by atoms with Crippen LogP contribution in [-0.4, -0.2) is 41.8 Å². The molecule has 1 aliphatic heterocycles. The van der Waals surface area contributed by atoms with Gasteiger partial charge in [-0.25, -0.2) is 0 Å². The Morgan fingerprint density at radius 2 is 2.28 bits per heavy atom. The van der Waals surface area contributed by atoms with Crippen LogP contribution in [0.3, 0.4) is 0 Å². The molecule has 5 heteroatoms. The van der Waals surface area contributed by atoms with Crippen molar-refractivity contribution < 1.29 is 9.26 Å². The van der Waals surface area contributed by atoms with Crippen LogP contribution in [0.5, 0.6) is 0 Å². The van der Waals surface area contributed by atoms with E-state index in [4.69, 9.17) is 9.26 Å². The first kappa shape index (κ1) is 13.5. The number of hydrogen-bond acceptors (Lipinski definition) is 5. The molecule has 0 bridgehead atoms. The Bertz CT molecular complexity index is 359. The third kappa shape index (κ3) is 4.07. The lowest BCUT2D eigenvalue weighted by atomic mass is 10.1. The van der Waals surface area contributed by atoms with E-state index >= 15 is 0 Å². The molecule has 1 aromatic rings. The van der Waals surface area contributed by atoms with Gasteiger partial charge in [0.25, 0.3) is 0 Å². The standard InChI is InChI=1S/C13H23N3O2/c1-10(2)6-12-14-13(18-15-12)8-16(3)7-11-4-5-17-9-11/h10-11H,4-9H2,1-3H3/t11-/m1/s1. The number of nitrogens with zero attached hydrogens (tertiary/aromatic N) is 3. The van der Waals surface area contributed by atoms with E-state index in [1.54, 1.807) is 0 Å². The van der Waals surface area contributed by atoms with Crippen LogP contribution in [0.4, 0.5) is 0 Å². The molecule has 2 rings (SSSR count). The minimum Gasteiger partial charge on any atom is -0.381 e. The van der Waals surface area contributed by atoms with Crippen LogP contribution in [0.1, 0.15) is 32.0 Å². The van der Waals surface area contributed by atoms with Gasteiger partial charge < -0.3 is 9.26 Å². The molecule has 0 spiro atoms. The molecular weight excluding hydrogens is 230 g/mol. The Morgan fingerprint density at radius 3 is 2.94 bits per heavy atom. The van der Waals surface area contributed by atoms with Gasteiger partial charge in [0.05, 0.1) is 13.2 Å². The van der Waals surface area contributed by atoms with Crippen molar-refractivity contribution in [3.8, 4) is 0 Å². The van der Waals surface area contributed by atoms with E-state index in [9.17, 15) is 0 Å². The van der Waals surface area contributed by atoms with E-state index in [0.29, 0.717) is 17.7 Å². The largest absolute Gasteiger partial charge is 0.381 e. The zero-order chi connectivity index (χ0) is 13.0. The smallest absolute Gasteiger partial charge is 0.240 e. The van der Waals surface area contributed by atoms with E-state index in [0.717, 1.165) is 45.0 Å². The first-order valence-electron chi connectivity index (χ1n) is 6.71. The highest BCUT2D eigenvalue weighted by atomic mass is 16.5. The molecule has 1 aromatic heterocycles. The summed E-state index contributed by atoms with van der Waals surface area (Å²) in [6.45, 7) is 7.85. The molecule has 0 amide bonds. The van der Waals surface area contributed by atoms with E-state index in [1.165, 1.54) is 0 Å². The number of ether oxygens (including phenoxy) is 1. The molecular formula is C13H23N3O2. The van der Waals surface area contributed by atoms with Gasteiger partial charge in [-0.15, -0.1) is 0 Å². The Hall–Kier alpha value is -0.940. The summed E-state index contributed by atoms with van der Waals surface area (Å²) in [6, 6.07) is 0. The second kappa shape index (κ2) is 6.29. The summed E-state index contributed by atoms with van der Waals surface area (Å²) in [5, 5.41) is 4.00. The second-order valence-corrected chi connectivity index (χ2v) is 5.63. The van der Waals surface area contributed by atoms with Crippen molar-refractivity contribution in [2.45, 2.75) is 33.2 Å². The maximum Gasteiger partial charge on any atom is 0.240 e. The van der Waals surface area contributed by atoms with Crippen molar-refractivity contribution in [1.29, 1.82) is 0 Å². The minimum atomic E-state index is 0.559. The fourth-order valence-corrected chi connectivity index (χ4v) is 2.27. The molecule has 0 unspecified atom stereocenters. The fourth-order valence-electron chi connectivity index (χ4n) is 2.27. The molecule has 18 heavy (non-hydrogen) atoms. The van der Waals surface area contributed by atoms with Gasteiger partial charge in [-0.05, 0) is 25.3 Å². The highest BCUT2D eigenvalue weighted by Crippen LogP contribution is 2.14. The maximum atomic E-state index is 5.38. The quantitative estimate of drug-likeness (QED) is 0.773. The van der Waals surface area contributed by atoms with Crippen LogP contribution in [0.25, 0.3) is 0 Å². The summed E-state index contributed by atoms with van der Waals surface area (Å²) in [7, 11) is 2.09. The third-order valence-corrected chi connectivity index (χ3v) is 3.10. The molecule has 0 N–H and O–H groups in total. The van der Waals surface area contributed by atoms with Gasteiger partial charge in [-0.1, -0.05) is 19.0 Å². The van der Waals surface area contributed by atoms with Crippen LogP contribution in [0, 0.1) is 11.8 Å². The molecule has 0 aliphatic carbocycles. The molecule has 0 saturated carbocycles. The summed E-state index contributed by atoms with van der Waals surface area (Å²) in [5.74, 6) is 2.74. The van der Waals surface area contributed by atoms with Crippen LogP contribution in [0.2, 0.25) is 0 Å². The molecule has 1 aliphatic rings. The van der Waals surface area contributed by atoms with Crippen molar-refractivity contribution in [3.05, 3.63) is 11.7 Å². The van der Waals surface area contributed by atoms with E-state index < -0.39 is 0 Å². The zero-order valence-corrected chi connectivity index (χ0v) is 11.6. The number of aromatic nitrogens is 2. The van der Waals surface area contributed by atoms with Crippen LogP contribution in [0.15, 0.2) is 4.52 Å². The zero-order valence-electron chi connectivity index (χ0n) is 11.6. The van der Waals surface area contributed by atoms with Gasteiger partial charge in [0.2, 0.25) is 5.89 Å². The third-order valence-electron chi connectivity index (χ3n) is 3.10. The average Bonchev–Trinajstić information content (AvgIpc) is 2.89. The van der Waals surface area contributed by atoms with Gasteiger partial charge in [0.1, 0.15) is 0 Å². The molecule has 0 aromatic carbocycles. The highest BCUT2D eigenvalue weighted by molar-refractivity contribution is 4.87. The van der Waals surface area contributed by atoms with Gasteiger partial charge in [0.15, 0.2) is 5.82 Å². The average molecular weight is 253 g/mol. The van der Waals surface area contributed by atoms with E-state index in [-0.39, 0.29) is 0 Å². The van der Waals surface area contributed by atoms with Crippen molar-refractivity contribution in [1.82, 2.24) is 15.0 Å². The van der Waals surface area contributed by atoms with Crippen LogP contribution < -0.4 is 0 Å². The molecule has 1 saturated heterocycles. The Morgan fingerprint density at radius 1 is 1.44 bits per heavy atom. The first-order valence-corrected chi connectivity index (χ1v) is 6.71. The van der Waals surface area contributed by atoms with Crippen molar-refractivity contribution in [3.63, 3.8) is 0 Å². The second-order valence-electron chi connectivity index (χ2n) is 5.63. The summed E-state index contributed by atoms with van der Waals surface area (Å²) < 4.78 is 10.6. The molecule has 1 atom stereocenters. The lowest BCUT2D eigenvalue weighted by Gasteiger charge is -2.17. The first-order chi connectivity index (χ1) is 8.63. The summed E-state index contributed by atoms with van der Waals surface area (Å²) in [4.78, 5) is 6.64. The topological polar surface area (TPSA) is 51.4 Å². The Balaban J connectivity index is 1.79. The molecule has 102 valence electrons. The predicted octanol–water partition coefficient (Wildman–Crippen LogP) is 1.74. The molecule has 0 radical (unpaired) electrons. The molecule has 5 nitrogen and oxygen atoms in total. The number of hydrogen-bond donors (Lipinski definition) is 0. The van der Waals surface area contributed by atoms with Crippen molar-refractivity contribution in [2.24, 2.45) is 11.8 Å².